The van der Waals surface area contributed by atoms with Crippen LogP contribution in [0.1, 0.15) is 38.3 Å². The SMILES string of the molecule is CC/C(=N\NC1=NC(C(C)C)C=C(c2ccccc2)N1)c1ccccc1. The molecule has 0 bridgehead atoms. The van der Waals surface area contributed by atoms with Gasteiger partial charge in [0, 0.05) is 5.70 Å². The summed E-state index contributed by atoms with van der Waals surface area (Å²) >= 11 is 0. The van der Waals surface area contributed by atoms with Crippen molar-refractivity contribution in [2.45, 2.75) is 33.2 Å². The number of nitrogens with zero attached hydrogens (tertiary/aromatic N) is 2. The van der Waals surface area contributed by atoms with Crippen molar-refractivity contribution in [2.24, 2.45) is 16.0 Å². The van der Waals surface area contributed by atoms with Gasteiger partial charge in [-0.3, -0.25) is 0 Å². The first-order valence-electron chi connectivity index (χ1n) is 9.17. The van der Waals surface area contributed by atoms with Crippen molar-refractivity contribution in [1.82, 2.24) is 10.7 Å². The topological polar surface area (TPSA) is 48.8 Å². The minimum atomic E-state index is 0.117. The number of aliphatic imine (C=N–C) groups is 1. The third kappa shape index (κ3) is 4.39. The molecule has 3 rings (SSSR count). The Hall–Kier alpha value is -2.88. The highest BCUT2D eigenvalue weighted by molar-refractivity contribution is 6.01. The largest absolute Gasteiger partial charge is 0.325 e. The van der Waals surface area contributed by atoms with E-state index < -0.39 is 0 Å². The van der Waals surface area contributed by atoms with Gasteiger partial charge in [0.1, 0.15) is 0 Å². The van der Waals surface area contributed by atoms with Gasteiger partial charge >= 0.3 is 0 Å². The van der Waals surface area contributed by atoms with Crippen LogP contribution >= 0.6 is 0 Å². The van der Waals surface area contributed by atoms with Gasteiger partial charge in [-0.2, -0.15) is 5.10 Å². The van der Waals surface area contributed by atoms with E-state index in [4.69, 9.17) is 4.99 Å². The van der Waals surface area contributed by atoms with Crippen molar-refractivity contribution < 1.29 is 0 Å². The van der Waals surface area contributed by atoms with E-state index in [0.29, 0.717) is 11.9 Å². The van der Waals surface area contributed by atoms with Gasteiger partial charge < -0.3 is 5.32 Å². The molecule has 1 unspecified atom stereocenters. The van der Waals surface area contributed by atoms with E-state index in [1.165, 1.54) is 0 Å². The van der Waals surface area contributed by atoms with E-state index >= 15 is 0 Å². The van der Waals surface area contributed by atoms with E-state index in [9.17, 15) is 0 Å². The lowest BCUT2D eigenvalue weighted by atomic mass is 10.0. The second-order valence-electron chi connectivity index (χ2n) is 6.67. The fourth-order valence-electron chi connectivity index (χ4n) is 2.84. The summed E-state index contributed by atoms with van der Waals surface area (Å²) in [5.41, 5.74) is 7.48. The normalized spacial score (nSPS) is 17.4. The molecule has 1 aliphatic heterocycles. The third-order valence-corrected chi connectivity index (χ3v) is 4.38. The van der Waals surface area contributed by atoms with Crippen molar-refractivity contribution in [3.63, 3.8) is 0 Å². The number of benzene rings is 2. The van der Waals surface area contributed by atoms with Crippen LogP contribution in [0, 0.1) is 5.92 Å². The first-order chi connectivity index (χ1) is 12.7. The molecule has 26 heavy (non-hydrogen) atoms. The molecule has 134 valence electrons. The second-order valence-corrected chi connectivity index (χ2v) is 6.67. The van der Waals surface area contributed by atoms with Gasteiger partial charge in [-0.1, -0.05) is 81.4 Å². The van der Waals surface area contributed by atoms with Gasteiger partial charge in [0.25, 0.3) is 0 Å². The van der Waals surface area contributed by atoms with Gasteiger partial charge in [0.05, 0.1) is 11.8 Å². The van der Waals surface area contributed by atoms with Crippen LogP contribution in [0.2, 0.25) is 0 Å². The Morgan fingerprint density at radius 1 is 1.08 bits per heavy atom. The maximum Gasteiger partial charge on any atom is 0.217 e. The van der Waals surface area contributed by atoms with Crippen molar-refractivity contribution >= 4 is 17.4 Å². The molecule has 4 nitrogen and oxygen atoms in total. The summed E-state index contributed by atoms with van der Waals surface area (Å²) in [7, 11) is 0. The minimum absolute atomic E-state index is 0.117. The average molecular weight is 346 g/mol. The van der Waals surface area contributed by atoms with E-state index in [0.717, 1.165) is 29.0 Å². The van der Waals surface area contributed by atoms with Crippen LogP contribution in [0.5, 0.6) is 0 Å². The maximum atomic E-state index is 4.77. The highest BCUT2D eigenvalue weighted by atomic mass is 15.4. The molecule has 0 saturated heterocycles. The number of hydrazone groups is 1. The van der Waals surface area contributed by atoms with Crippen molar-refractivity contribution in [1.29, 1.82) is 0 Å². The van der Waals surface area contributed by atoms with E-state index in [1.54, 1.807) is 0 Å². The standard InChI is InChI=1S/C22H26N4/c1-4-19(17-11-7-5-8-12-17)25-26-22-23-20(16(2)3)15-21(24-22)18-13-9-6-10-14-18/h5-16,20H,4H2,1-3H3,(H2,23,24,26)/b25-19+. The Bertz CT molecular complexity index is 805. The van der Waals surface area contributed by atoms with E-state index in [1.807, 2.05) is 36.4 Å². The molecule has 0 spiro atoms. The molecule has 1 atom stereocenters. The number of nitrogens with one attached hydrogen (secondary N) is 2. The molecule has 2 aromatic rings. The lowest BCUT2D eigenvalue weighted by molar-refractivity contribution is 0.564. The molecule has 1 heterocycles. The van der Waals surface area contributed by atoms with Crippen LogP contribution in [0.3, 0.4) is 0 Å². The Morgan fingerprint density at radius 2 is 1.73 bits per heavy atom. The van der Waals surface area contributed by atoms with Gasteiger partial charge in [-0.15, -0.1) is 0 Å². The zero-order valence-electron chi connectivity index (χ0n) is 15.6. The minimum Gasteiger partial charge on any atom is -0.325 e. The molecule has 0 radical (unpaired) electrons. The Morgan fingerprint density at radius 3 is 2.35 bits per heavy atom. The highest BCUT2D eigenvalue weighted by Gasteiger charge is 2.19. The smallest absolute Gasteiger partial charge is 0.217 e. The number of hydrogen-bond acceptors (Lipinski definition) is 4. The van der Waals surface area contributed by atoms with Crippen LogP contribution < -0.4 is 10.7 Å². The summed E-state index contributed by atoms with van der Waals surface area (Å²) in [4.78, 5) is 4.77. The number of hydrogen-bond donors (Lipinski definition) is 2. The van der Waals surface area contributed by atoms with Crippen LogP contribution in [0.15, 0.2) is 76.8 Å². The van der Waals surface area contributed by atoms with Gasteiger partial charge in [-0.05, 0) is 29.5 Å². The van der Waals surface area contributed by atoms with E-state index in [-0.39, 0.29) is 6.04 Å². The van der Waals surface area contributed by atoms with Crippen LogP contribution in [-0.2, 0) is 0 Å². The molecule has 2 aromatic carbocycles. The number of rotatable bonds is 5. The van der Waals surface area contributed by atoms with Crippen molar-refractivity contribution in [2.75, 3.05) is 0 Å². The van der Waals surface area contributed by atoms with E-state index in [2.05, 4.69) is 67.0 Å². The summed E-state index contributed by atoms with van der Waals surface area (Å²) in [5, 5.41) is 7.98. The maximum absolute atomic E-state index is 4.77. The lowest BCUT2D eigenvalue weighted by Gasteiger charge is -2.24. The Balaban J connectivity index is 1.82. The monoisotopic (exact) mass is 346 g/mol. The predicted molar refractivity (Wildman–Crippen MR) is 110 cm³/mol. The quantitative estimate of drug-likeness (QED) is 0.622. The fraction of sp³-hybridized carbons (Fsp3) is 0.273. The lowest BCUT2D eigenvalue weighted by Crippen LogP contribution is -2.39. The van der Waals surface area contributed by atoms with Crippen molar-refractivity contribution in [3.05, 3.63) is 77.9 Å². The first kappa shape index (κ1) is 17.9. The van der Waals surface area contributed by atoms with Gasteiger partial charge in [-0.25, -0.2) is 10.4 Å². The van der Waals surface area contributed by atoms with Crippen LogP contribution in [0.4, 0.5) is 0 Å². The molecular formula is C22H26N4. The first-order valence-corrected chi connectivity index (χ1v) is 9.17. The summed E-state index contributed by atoms with van der Waals surface area (Å²) in [6.07, 6.45) is 3.03. The molecular weight excluding hydrogens is 320 g/mol. The summed E-state index contributed by atoms with van der Waals surface area (Å²) in [5.74, 6) is 1.10. The highest BCUT2D eigenvalue weighted by Crippen LogP contribution is 2.20. The number of guanidine groups is 1. The predicted octanol–water partition coefficient (Wildman–Crippen LogP) is 4.42. The third-order valence-electron chi connectivity index (χ3n) is 4.38. The molecule has 0 saturated carbocycles. The molecule has 0 aliphatic carbocycles. The Kier molecular flexibility index (Phi) is 5.84. The summed E-state index contributed by atoms with van der Waals surface area (Å²) in [6.45, 7) is 6.47. The molecule has 1 aliphatic rings. The zero-order chi connectivity index (χ0) is 18.4. The van der Waals surface area contributed by atoms with Crippen molar-refractivity contribution in [3.8, 4) is 0 Å². The molecule has 2 N–H and O–H groups in total. The summed E-state index contributed by atoms with van der Waals surface area (Å²) < 4.78 is 0. The van der Waals surface area contributed by atoms with Gasteiger partial charge in [0.15, 0.2) is 0 Å². The second kappa shape index (κ2) is 8.48. The fourth-order valence-corrected chi connectivity index (χ4v) is 2.84. The Labute approximate surface area is 155 Å². The van der Waals surface area contributed by atoms with Gasteiger partial charge in [0.2, 0.25) is 5.96 Å². The molecule has 0 fully saturated rings. The molecule has 4 heteroatoms. The zero-order valence-corrected chi connectivity index (χ0v) is 15.6. The summed E-state index contributed by atoms with van der Waals surface area (Å²) in [6, 6.07) is 20.7. The molecule has 0 aromatic heterocycles. The van der Waals surface area contributed by atoms with Crippen LogP contribution in [-0.4, -0.2) is 17.7 Å². The average Bonchev–Trinajstić information content (AvgIpc) is 2.69. The molecule has 0 amide bonds. The van der Waals surface area contributed by atoms with Crippen LogP contribution in [0.25, 0.3) is 5.70 Å².